The number of aromatic nitrogens is 3. The highest BCUT2D eigenvalue weighted by Gasteiger charge is 2.18. The number of hydrogen-bond acceptors (Lipinski definition) is 4. The van der Waals surface area contributed by atoms with Gasteiger partial charge >= 0.3 is 5.97 Å². The van der Waals surface area contributed by atoms with Crippen LogP contribution in [-0.4, -0.2) is 31.7 Å². The van der Waals surface area contributed by atoms with Gasteiger partial charge in [-0.1, -0.05) is 12.1 Å². The van der Waals surface area contributed by atoms with Crippen LogP contribution in [0.3, 0.4) is 0 Å². The first-order valence-electron chi connectivity index (χ1n) is 7.71. The van der Waals surface area contributed by atoms with Crippen molar-refractivity contribution in [1.29, 1.82) is 0 Å². The van der Waals surface area contributed by atoms with Crippen LogP contribution >= 0.6 is 0 Å². The molecule has 2 aromatic heterocycles. The van der Waals surface area contributed by atoms with Gasteiger partial charge in [-0.05, 0) is 42.3 Å². The summed E-state index contributed by atoms with van der Waals surface area (Å²) in [5.41, 5.74) is 2.23. The van der Waals surface area contributed by atoms with Crippen molar-refractivity contribution < 1.29 is 14.7 Å². The molecule has 3 aromatic rings. The molecule has 2 N–H and O–H groups in total. The first-order valence-corrected chi connectivity index (χ1v) is 7.71. The number of anilines is 1. The Balaban J connectivity index is 1.87. The number of carbonyl (C=O) groups excluding carboxylic acids is 1. The number of carbonyl (C=O) groups is 2. The van der Waals surface area contributed by atoms with Gasteiger partial charge in [0.1, 0.15) is 0 Å². The Morgan fingerprint density at radius 3 is 2.60 bits per heavy atom. The highest BCUT2D eigenvalue weighted by Crippen LogP contribution is 2.21. The van der Waals surface area contributed by atoms with Crippen molar-refractivity contribution in [2.24, 2.45) is 0 Å². The van der Waals surface area contributed by atoms with Crippen molar-refractivity contribution in [2.75, 3.05) is 5.32 Å². The number of nitrogens with zero attached hydrogens (tertiary/aromatic N) is 3. The third-order valence-electron chi connectivity index (χ3n) is 3.67. The van der Waals surface area contributed by atoms with Gasteiger partial charge in [0.05, 0.1) is 5.69 Å². The van der Waals surface area contributed by atoms with Crippen LogP contribution in [0.15, 0.2) is 55.0 Å². The van der Waals surface area contributed by atoms with Crippen LogP contribution in [0.25, 0.3) is 11.1 Å². The Kier molecular flexibility index (Phi) is 4.56. The minimum atomic E-state index is -1.19. The molecule has 7 heteroatoms. The lowest BCUT2D eigenvalue weighted by Gasteiger charge is -2.06. The molecule has 1 amide bonds. The monoisotopic (exact) mass is 336 g/mol. The molecule has 0 spiro atoms. The van der Waals surface area contributed by atoms with Crippen LogP contribution in [0.2, 0.25) is 0 Å². The molecule has 0 fully saturated rings. The zero-order chi connectivity index (χ0) is 17.8. The molecule has 1 aromatic carbocycles. The summed E-state index contributed by atoms with van der Waals surface area (Å²) in [6, 6.07) is 10.8. The summed E-state index contributed by atoms with van der Waals surface area (Å²) in [5, 5.41) is 15.8. The van der Waals surface area contributed by atoms with Crippen molar-refractivity contribution in [2.45, 2.75) is 13.5 Å². The van der Waals surface area contributed by atoms with Gasteiger partial charge in [0.2, 0.25) is 0 Å². The number of amides is 1. The fourth-order valence-corrected chi connectivity index (χ4v) is 2.41. The molecule has 2 heterocycles. The standard InChI is InChI=1S/C18H16N4O3/c1-2-22-11-15(16(21-22)18(24)25)20-17(23)14-5-3-4-13(10-14)12-6-8-19-9-7-12/h3-11H,2H2,1H3,(H,20,23)(H,24,25). The lowest BCUT2D eigenvalue weighted by molar-refractivity contribution is 0.0690. The number of pyridine rings is 1. The van der Waals surface area contributed by atoms with E-state index in [1.165, 1.54) is 10.9 Å². The van der Waals surface area contributed by atoms with E-state index in [-0.39, 0.29) is 11.4 Å². The summed E-state index contributed by atoms with van der Waals surface area (Å²) < 4.78 is 1.46. The molecule has 0 bridgehead atoms. The molecule has 0 aliphatic rings. The van der Waals surface area contributed by atoms with E-state index in [2.05, 4.69) is 15.4 Å². The second kappa shape index (κ2) is 6.96. The number of aromatic carboxylic acids is 1. The average molecular weight is 336 g/mol. The van der Waals surface area contributed by atoms with Crippen LogP contribution in [-0.2, 0) is 6.54 Å². The van der Waals surface area contributed by atoms with Gasteiger partial charge in [0, 0.05) is 30.7 Å². The minimum absolute atomic E-state index is 0.175. The number of nitrogens with one attached hydrogen (secondary N) is 1. The van der Waals surface area contributed by atoms with Gasteiger partial charge in [0.15, 0.2) is 5.69 Å². The highest BCUT2D eigenvalue weighted by molar-refractivity contribution is 6.07. The van der Waals surface area contributed by atoms with E-state index >= 15 is 0 Å². The summed E-state index contributed by atoms with van der Waals surface area (Å²) in [6.45, 7) is 2.34. The summed E-state index contributed by atoms with van der Waals surface area (Å²) >= 11 is 0. The van der Waals surface area contributed by atoms with Crippen molar-refractivity contribution >= 4 is 17.6 Å². The fourth-order valence-electron chi connectivity index (χ4n) is 2.41. The smallest absolute Gasteiger partial charge is 0.358 e. The number of carboxylic acid groups (broad SMARTS) is 1. The summed E-state index contributed by atoms with van der Waals surface area (Å²) in [6.07, 6.45) is 4.87. The number of hydrogen-bond donors (Lipinski definition) is 2. The summed E-state index contributed by atoms with van der Waals surface area (Å²) in [4.78, 5) is 27.8. The maximum Gasteiger partial charge on any atom is 0.358 e. The largest absolute Gasteiger partial charge is 0.476 e. The third-order valence-corrected chi connectivity index (χ3v) is 3.67. The first-order chi connectivity index (χ1) is 12.1. The van der Waals surface area contributed by atoms with Crippen LogP contribution in [0, 0.1) is 0 Å². The van der Waals surface area contributed by atoms with E-state index in [1.807, 2.05) is 25.1 Å². The molecule has 0 saturated carbocycles. The lowest BCUT2D eigenvalue weighted by Crippen LogP contribution is -2.14. The van der Waals surface area contributed by atoms with Crippen LogP contribution in [0.1, 0.15) is 27.8 Å². The zero-order valence-corrected chi connectivity index (χ0v) is 13.5. The van der Waals surface area contributed by atoms with Gasteiger partial charge < -0.3 is 10.4 Å². The molecular formula is C18H16N4O3. The Hall–Kier alpha value is -3.48. The molecule has 0 unspecified atom stereocenters. The number of carboxylic acids is 1. The Morgan fingerprint density at radius 2 is 1.92 bits per heavy atom. The summed E-state index contributed by atoms with van der Waals surface area (Å²) in [5.74, 6) is -1.58. The Morgan fingerprint density at radius 1 is 1.16 bits per heavy atom. The van der Waals surface area contributed by atoms with E-state index in [0.717, 1.165) is 11.1 Å². The van der Waals surface area contributed by atoms with E-state index in [1.54, 1.807) is 30.6 Å². The molecule has 0 saturated heterocycles. The second-order valence-corrected chi connectivity index (χ2v) is 5.32. The minimum Gasteiger partial charge on any atom is -0.476 e. The number of aryl methyl sites for hydroxylation is 1. The molecule has 126 valence electrons. The lowest BCUT2D eigenvalue weighted by atomic mass is 10.0. The molecular weight excluding hydrogens is 320 g/mol. The van der Waals surface area contributed by atoms with Crippen molar-refractivity contribution in [1.82, 2.24) is 14.8 Å². The highest BCUT2D eigenvalue weighted by atomic mass is 16.4. The second-order valence-electron chi connectivity index (χ2n) is 5.32. The Labute approximate surface area is 143 Å². The predicted molar refractivity (Wildman–Crippen MR) is 92.5 cm³/mol. The average Bonchev–Trinajstić information content (AvgIpc) is 3.06. The van der Waals surface area contributed by atoms with Crippen LogP contribution in [0.4, 0.5) is 5.69 Å². The zero-order valence-electron chi connectivity index (χ0n) is 13.5. The topological polar surface area (TPSA) is 97.1 Å². The summed E-state index contributed by atoms with van der Waals surface area (Å²) in [7, 11) is 0. The van der Waals surface area contributed by atoms with E-state index in [0.29, 0.717) is 12.1 Å². The van der Waals surface area contributed by atoms with Gasteiger partial charge in [0.25, 0.3) is 5.91 Å². The SMILES string of the molecule is CCn1cc(NC(=O)c2cccc(-c3ccncc3)c2)c(C(=O)O)n1. The van der Waals surface area contributed by atoms with Gasteiger partial charge in [-0.15, -0.1) is 0 Å². The molecule has 0 atom stereocenters. The maximum absolute atomic E-state index is 12.5. The van der Waals surface area contributed by atoms with Gasteiger partial charge in [-0.3, -0.25) is 14.5 Å². The fraction of sp³-hybridized carbons (Fsp3) is 0.111. The maximum atomic E-state index is 12.5. The van der Waals surface area contributed by atoms with E-state index in [9.17, 15) is 14.7 Å². The van der Waals surface area contributed by atoms with Gasteiger partial charge in [-0.2, -0.15) is 5.10 Å². The molecule has 0 aliphatic carbocycles. The molecule has 3 rings (SSSR count). The van der Waals surface area contributed by atoms with Crippen molar-refractivity contribution in [3.8, 4) is 11.1 Å². The number of benzene rings is 1. The quantitative estimate of drug-likeness (QED) is 0.746. The first kappa shape index (κ1) is 16.4. The van der Waals surface area contributed by atoms with E-state index < -0.39 is 11.9 Å². The van der Waals surface area contributed by atoms with E-state index in [4.69, 9.17) is 0 Å². The van der Waals surface area contributed by atoms with Crippen molar-refractivity contribution in [3.63, 3.8) is 0 Å². The predicted octanol–water partition coefficient (Wildman–Crippen LogP) is 2.92. The molecule has 0 radical (unpaired) electrons. The van der Waals surface area contributed by atoms with Crippen molar-refractivity contribution in [3.05, 3.63) is 66.2 Å². The van der Waals surface area contributed by atoms with Gasteiger partial charge in [-0.25, -0.2) is 4.79 Å². The molecule has 7 nitrogen and oxygen atoms in total. The number of rotatable bonds is 5. The molecule has 0 aliphatic heterocycles. The van der Waals surface area contributed by atoms with Crippen LogP contribution in [0.5, 0.6) is 0 Å². The molecule has 25 heavy (non-hydrogen) atoms. The van der Waals surface area contributed by atoms with Crippen LogP contribution < -0.4 is 5.32 Å². The normalized spacial score (nSPS) is 10.4. The Bertz CT molecular complexity index is 919. The third kappa shape index (κ3) is 3.55.